The van der Waals surface area contributed by atoms with Gasteiger partial charge in [-0.2, -0.15) is 4.98 Å². The molecule has 4 aromatic rings. The van der Waals surface area contributed by atoms with Gasteiger partial charge in [0.25, 0.3) is 5.56 Å². The van der Waals surface area contributed by atoms with Crippen LogP contribution in [0.4, 0.5) is 17.6 Å². The van der Waals surface area contributed by atoms with Gasteiger partial charge in [0.15, 0.2) is 11.2 Å². The van der Waals surface area contributed by atoms with Crippen molar-refractivity contribution < 1.29 is 14.9 Å². The van der Waals surface area contributed by atoms with Crippen molar-refractivity contribution >= 4 is 28.7 Å². The molecule has 3 atom stereocenters. The molecule has 0 amide bonds. The van der Waals surface area contributed by atoms with Crippen LogP contribution >= 0.6 is 0 Å². The van der Waals surface area contributed by atoms with Gasteiger partial charge in [0.2, 0.25) is 11.9 Å². The summed E-state index contributed by atoms with van der Waals surface area (Å²) in [6, 6.07) is 14.4. The summed E-state index contributed by atoms with van der Waals surface area (Å²) < 4.78 is 7.45. The van der Waals surface area contributed by atoms with Crippen molar-refractivity contribution in [2.45, 2.75) is 31.3 Å². The second kappa shape index (κ2) is 7.41. The van der Waals surface area contributed by atoms with Crippen molar-refractivity contribution in [2.24, 2.45) is 0 Å². The van der Waals surface area contributed by atoms with Crippen molar-refractivity contribution in [3.63, 3.8) is 0 Å². The van der Waals surface area contributed by atoms with Crippen LogP contribution in [0.2, 0.25) is 0 Å². The maximum absolute atomic E-state index is 12.5. The minimum absolute atomic E-state index is 0.0484. The molecule has 0 spiro atoms. The number of fused-ring (bicyclic) bond motifs is 4. The minimum atomic E-state index is -0.858. The molecule has 2 aliphatic rings. The van der Waals surface area contributed by atoms with Gasteiger partial charge in [-0.05, 0) is 40.8 Å². The van der Waals surface area contributed by atoms with Crippen LogP contribution in [-0.2, 0) is 11.2 Å². The Morgan fingerprint density at radius 1 is 1.18 bits per heavy atom. The zero-order valence-electron chi connectivity index (χ0n) is 17.5. The number of nitrogen functional groups attached to an aromatic ring is 1. The van der Waals surface area contributed by atoms with Crippen LogP contribution in [0, 0.1) is 0 Å². The zero-order chi connectivity index (χ0) is 22.7. The standard InChI is InChI=1S/C23H22N6O4/c24-22-27-20-19(21(32)28-22)26-23(29(20)18-9-16(31)17(10-30)33-18)25-13-5-6-15-12(8-13)7-11-3-1-2-4-14(11)15/h1-6,8,16-18,30-31H,7,9-10H2,(H,25,26)(H3,24,27,28,32)/t16-,17+,18-/m0/s1. The average Bonchev–Trinajstić information content (AvgIpc) is 3.46. The van der Waals surface area contributed by atoms with Gasteiger partial charge < -0.3 is 26.0 Å². The highest BCUT2D eigenvalue weighted by Gasteiger charge is 2.37. The first-order chi connectivity index (χ1) is 16.0. The molecule has 0 radical (unpaired) electrons. The molecule has 0 bridgehead atoms. The quantitative estimate of drug-likeness (QED) is 0.280. The summed E-state index contributed by atoms with van der Waals surface area (Å²) in [5.74, 6) is 0.285. The second-order valence-electron chi connectivity index (χ2n) is 8.37. The number of rotatable bonds is 4. The first kappa shape index (κ1) is 19.9. The highest BCUT2D eigenvalue weighted by molar-refractivity contribution is 5.80. The second-order valence-corrected chi connectivity index (χ2v) is 8.37. The average molecular weight is 446 g/mol. The van der Waals surface area contributed by atoms with Gasteiger partial charge in [0.05, 0.1) is 12.7 Å². The van der Waals surface area contributed by atoms with E-state index in [0.29, 0.717) is 5.95 Å². The molecule has 6 rings (SSSR count). The summed E-state index contributed by atoms with van der Waals surface area (Å²) in [7, 11) is 0. The third kappa shape index (κ3) is 3.18. The van der Waals surface area contributed by atoms with Gasteiger partial charge in [0.1, 0.15) is 12.3 Å². The number of aromatic nitrogens is 4. The fourth-order valence-electron chi connectivity index (χ4n) is 4.75. The van der Waals surface area contributed by atoms with Crippen molar-refractivity contribution in [1.82, 2.24) is 19.5 Å². The number of H-pyrrole nitrogens is 1. The van der Waals surface area contributed by atoms with Gasteiger partial charge in [-0.3, -0.25) is 14.3 Å². The Morgan fingerprint density at radius 3 is 2.82 bits per heavy atom. The van der Waals surface area contributed by atoms with E-state index >= 15 is 0 Å². The zero-order valence-corrected chi connectivity index (χ0v) is 17.5. The molecule has 1 aliphatic carbocycles. The summed E-state index contributed by atoms with van der Waals surface area (Å²) in [6.45, 7) is -0.325. The van der Waals surface area contributed by atoms with Crippen LogP contribution in [-0.4, -0.2) is 48.5 Å². The normalized spacial score (nSPS) is 21.3. The summed E-state index contributed by atoms with van der Waals surface area (Å²) >= 11 is 0. The van der Waals surface area contributed by atoms with E-state index in [1.54, 1.807) is 4.57 Å². The van der Waals surface area contributed by atoms with Gasteiger partial charge in [-0.25, -0.2) is 4.98 Å². The molecule has 0 unspecified atom stereocenters. The number of imidazole rings is 1. The van der Waals surface area contributed by atoms with E-state index in [4.69, 9.17) is 10.5 Å². The SMILES string of the molecule is Nc1nc2c(nc(Nc3ccc4c(c3)Cc3ccccc3-4)n2[C@@H]2C[C@H](O)[C@@H](CO)O2)c(=O)[nH]1. The lowest BCUT2D eigenvalue weighted by atomic mass is 10.1. The van der Waals surface area contributed by atoms with Crippen molar-refractivity contribution in [1.29, 1.82) is 0 Å². The van der Waals surface area contributed by atoms with Crippen molar-refractivity contribution in [2.75, 3.05) is 17.7 Å². The number of benzene rings is 2. The summed E-state index contributed by atoms with van der Waals surface area (Å²) in [4.78, 5) is 23.7. The Morgan fingerprint density at radius 2 is 2.00 bits per heavy atom. The van der Waals surface area contributed by atoms with Crippen LogP contribution in [0.5, 0.6) is 0 Å². The summed E-state index contributed by atoms with van der Waals surface area (Å²) in [6.07, 6.45) is -1.23. The van der Waals surface area contributed by atoms with Crippen molar-refractivity contribution in [3.05, 3.63) is 63.9 Å². The van der Waals surface area contributed by atoms with Gasteiger partial charge in [-0.15, -0.1) is 0 Å². The predicted molar refractivity (Wildman–Crippen MR) is 122 cm³/mol. The number of nitrogens with zero attached hydrogens (tertiary/aromatic N) is 3. The Labute approximate surface area is 187 Å². The molecule has 1 aliphatic heterocycles. The highest BCUT2D eigenvalue weighted by atomic mass is 16.5. The lowest BCUT2D eigenvalue weighted by molar-refractivity contribution is -0.0425. The topological polar surface area (TPSA) is 151 Å². The smallest absolute Gasteiger partial charge is 0.280 e. The first-order valence-corrected chi connectivity index (χ1v) is 10.7. The molecule has 3 heterocycles. The molecular formula is C23H22N6O4. The molecule has 1 saturated heterocycles. The number of aliphatic hydroxyl groups excluding tert-OH is 2. The summed E-state index contributed by atoms with van der Waals surface area (Å²) in [5.41, 5.74) is 11.4. The molecule has 10 heteroatoms. The Hall–Kier alpha value is -3.73. The molecular weight excluding hydrogens is 424 g/mol. The van der Waals surface area contributed by atoms with Crippen LogP contribution in [0.15, 0.2) is 47.3 Å². The lowest BCUT2D eigenvalue weighted by Crippen LogP contribution is -2.24. The van der Waals surface area contributed by atoms with E-state index < -0.39 is 24.0 Å². The highest BCUT2D eigenvalue weighted by Crippen LogP contribution is 2.39. The minimum Gasteiger partial charge on any atom is -0.394 e. The Balaban J connectivity index is 1.42. The Bertz CT molecular complexity index is 1440. The van der Waals surface area contributed by atoms with E-state index in [2.05, 4.69) is 44.5 Å². The third-order valence-corrected chi connectivity index (χ3v) is 6.29. The van der Waals surface area contributed by atoms with Crippen LogP contribution in [0.25, 0.3) is 22.3 Å². The first-order valence-electron chi connectivity index (χ1n) is 10.7. The maximum Gasteiger partial charge on any atom is 0.280 e. The molecule has 0 saturated carbocycles. The number of aromatic amines is 1. The van der Waals surface area contributed by atoms with E-state index in [1.807, 2.05) is 18.2 Å². The third-order valence-electron chi connectivity index (χ3n) is 6.29. The fourth-order valence-corrected chi connectivity index (χ4v) is 4.75. The molecule has 168 valence electrons. The van der Waals surface area contributed by atoms with Crippen molar-refractivity contribution in [3.8, 4) is 11.1 Å². The van der Waals surface area contributed by atoms with Crippen LogP contribution < -0.4 is 16.6 Å². The van der Waals surface area contributed by atoms with Gasteiger partial charge >= 0.3 is 0 Å². The fraction of sp³-hybridized carbons (Fsp3) is 0.261. The number of nitrogens with two attached hydrogens (primary N) is 1. The van der Waals surface area contributed by atoms with Crippen LogP contribution in [0.1, 0.15) is 23.8 Å². The number of aliphatic hydroxyl groups is 2. The predicted octanol–water partition coefficient (Wildman–Crippen LogP) is 1.66. The number of hydrogen-bond donors (Lipinski definition) is 5. The van der Waals surface area contributed by atoms with E-state index in [1.165, 1.54) is 22.3 Å². The summed E-state index contributed by atoms with van der Waals surface area (Å²) in [5, 5.41) is 23.0. The number of nitrogens with one attached hydrogen (secondary N) is 2. The molecule has 10 nitrogen and oxygen atoms in total. The van der Waals surface area contributed by atoms with Gasteiger partial charge in [0, 0.05) is 12.1 Å². The van der Waals surface area contributed by atoms with Gasteiger partial charge in [-0.1, -0.05) is 30.3 Å². The largest absolute Gasteiger partial charge is 0.394 e. The molecule has 1 fully saturated rings. The number of ether oxygens (including phenoxy) is 1. The maximum atomic E-state index is 12.5. The molecule has 33 heavy (non-hydrogen) atoms. The number of hydrogen-bond acceptors (Lipinski definition) is 8. The van der Waals surface area contributed by atoms with Crippen LogP contribution in [0.3, 0.4) is 0 Å². The monoisotopic (exact) mass is 446 g/mol. The molecule has 6 N–H and O–H groups in total. The molecule has 2 aromatic carbocycles. The lowest BCUT2D eigenvalue weighted by Gasteiger charge is -2.17. The van der Waals surface area contributed by atoms with E-state index in [9.17, 15) is 15.0 Å². The van der Waals surface area contributed by atoms with E-state index in [-0.39, 0.29) is 30.1 Å². The molecule has 2 aromatic heterocycles. The van der Waals surface area contributed by atoms with E-state index in [0.717, 1.165) is 12.1 Å². The number of anilines is 3. The Kier molecular flexibility index (Phi) is 4.47.